The molecule has 0 aliphatic rings. The number of hydrogen-bond acceptors (Lipinski definition) is 3. The minimum atomic E-state index is -0.352. The van der Waals surface area contributed by atoms with Gasteiger partial charge in [0.05, 0.1) is 19.3 Å². The molecule has 0 aliphatic carbocycles. The highest BCUT2D eigenvalue weighted by Crippen LogP contribution is 2.25. The summed E-state index contributed by atoms with van der Waals surface area (Å²) in [6.45, 7) is 5.73. The summed E-state index contributed by atoms with van der Waals surface area (Å²) in [6, 6.07) is 4.97. The average Bonchev–Trinajstić information content (AvgIpc) is 2.86. The van der Waals surface area contributed by atoms with E-state index >= 15 is 0 Å². The Morgan fingerprint density at radius 2 is 2.15 bits per heavy atom. The van der Waals surface area contributed by atoms with Gasteiger partial charge in [-0.05, 0) is 23.6 Å². The van der Waals surface area contributed by atoms with Gasteiger partial charge in [0.2, 0.25) is 0 Å². The predicted octanol–water partition coefficient (Wildman–Crippen LogP) is 2.68. The van der Waals surface area contributed by atoms with Crippen molar-refractivity contribution < 1.29 is 9.13 Å². The van der Waals surface area contributed by atoms with Crippen molar-refractivity contribution in [2.45, 2.75) is 20.4 Å². The standard InChI is InChI=1S/C15H20FN3O/c1-11(2)10-20-15-4-3-12(7-14(15)16)13-8-18-19(9-13)6-5-17/h3-4,7-9,11H,5-6,10,17H2,1-2H3. The Hall–Kier alpha value is -1.88. The van der Waals surface area contributed by atoms with E-state index in [0.717, 1.165) is 11.1 Å². The second kappa shape index (κ2) is 6.52. The normalized spacial score (nSPS) is 11.1. The Labute approximate surface area is 118 Å². The number of benzene rings is 1. The van der Waals surface area contributed by atoms with Crippen molar-refractivity contribution in [3.63, 3.8) is 0 Å². The van der Waals surface area contributed by atoms with Crippen LogP contribution in [-0.4, -0.2) is 22.9 Å². The SMILES string of the molecule is CC(C)COc1ccc(-c2cnn(CCN)c2)cc1F. The minimum Gasteiger partial charge on any atom is -0.490 e. The molecule has 0 unspecified atom stereocenters. The van der Waals surface area contributed by atoms with Gasteiger partial charge in [0.1, 0.15) is 0 Å². The summed E-state index contributed by atoms with van der Waals surface area (Å²) in [4.78, 5) is 0. The van der Waals surface area contributed by atoms with E-state index in [0.29, 0.717) is 25.6 Å². The number of hydrogen-bond donors (Lipinski definition) is 1. The lowest BCUT2D eigenvalue weighted by Crippen LogP contribution is -2.09. The van der Waals surface area contributed by atoms with Crippen molar-refractivity contribution in [2.24, 2.45) is 11.7 Å². The van der Waals surface area contributed by atoms with Crippen LogP contribution in [0.5, 0.6) is 5.75 Å². The summed E-state index contributed by atoms with van der Waals surface area (Å²) in [5.41, 5.74) is 7.12. The molecule has 2 aromatic rings. The zero-order valence-electron chi connectivity index (χ0n) is 11.8. The number of rotatable bonds is 6. The zero-order valence-corrected chi connectivity index (χ0v) is 11.8. The van der Waals surface area contributed by atoms with Crippen LogP contribution in [0.15, 0.2) is 30.6 Å². The van der Waals surface area contributed by atoms with Crippen molar-refractivity contribution in [1.29, 1.82) is 0 Å². The maximum Gasteiger partial charge on any atom is 0.165 e. The Bertz CT molecular complexity index is 566. The third-order valence-corrected chi connectivity index (χ3v) is 2.83. The van der Waals surface area contributed by atoms with Gasteiger partial charge in [-0.3, -0.25) is 4.68 Å². The average molecular weight is 277 g/mol. The first kappa shape index (κ1) is 14.5. The van der Waals surface area contributed by atoms with Crippen molar-refractivity contribution in [2.75, 3.05) is 13.2 Å². The molecule has 0 amide bonds. The summed E-state index contributed by atoms with van der Waals surface area (Å²) in [6.07, 6.45) is 3.56. The van der Waals surface area contributed by atoms with E-state index in [4.69, 9.17) is 10.5 Å². The van der Waals surface area contributed by atoms with Crippen LogP contribution in [0.1, 0.15) is 13.8 Å². The highest BCUT2D eigenvalue weighted by molar-refractivity contribution is 5.62. The quantitative estimate of drug-likeness (QED) is 0.883. The van der Waals surface area contributed by atoms with Crippen molar-refractivity contribution >= 4 is 0 Å². The molecule has 0 bridgehead atoms. The van der Waals surface area contributed by atoms with Gasteiger partial charge in [0.15, 0.2) is 11.6 Å². The van der Waals surface area contributed by atoms with E-state index in [1.54, 1.807) is 16.9 Å². The first-order valence-electron chi connectivity index (χ1n) is 6.75. The molecular formula is C15H20FN3O. The van der Waals surface area contributed by atoms with Crippen LogP contribution in [-0.2, 0) is 6.54 Å². The molecule has 0 saturated carbocycles. The zero-order chi connectivity index (χ0) is 14.5. The van der Waals surface area contributed by atoms with Crippen LogP contribution in [0.3, 0.4) is 0 Å². The number of nitrogens with two attached hydrogens (primary N) is 1. The van der Waals surface area contributed by atoms with E-state index in [9.17, 15) is 4.39 Å². The maximum atomic E-state index is 14.0. The van der Waals surface area contributed by atoms with E-state index in [2.05, 4.69) is 5.10 Å². The van der Waals surface area contributed by atoms with Gasteiger partial charge in [-0.1, -0.05) is 19.9 Å². The molecule has 2 rings (SSSR count). The van der Waals surface area contributed by atoms with E-state index in [-0.39, 0.29) is 11.6 Å². The van der Waals surface area contributed by atoms with Crippen LogP contribution in [0, 0.1) is 11.7 Å². The van der Waals surface area contributed by atoms with Crippen LogP contribution in [0.4, 0.5) is 4.39 Å². The summed E-state index contributed by atoms with van der Waals surface area (Å²) in [5.74, 6) is 0.301. The first-order valence-corrected chi connectivity index (χ1v) is 6.75. The largest absolute Gasteiger partial charge is 0.490 e. The molecule has 108 valence electrons. The second-order valence-corrected chi connectivity index (χ2v) is 5.13. The molecule has 1 aromatic heterocycles. The van der Waals surface area contributed by atoms with Gasteiger partial charge < -0.3 is 10.5 Å². The highest BCUT2D eigenvalue weighted by Gasteiger charge is 2.08. The monoisotopic (exact) mass is 277 g/mol. The maximum absolute atomic E-state index is 14.0. The van der Waals surface area contributed by atoms with Gasteiger partial charge in [0.25, 0.3) is 0 Å². The third-order valence-electron chi connectivity index (χ3n) is 2.83. The number of ether oxygens (including phenoxy) is 1. The second-order valence-electron chi connectivity index (χ2n) is 5.13. The van der Waals surface area contributed by atoms with Crippen molar-refractivity contribution in [3.05, 3.63) is 36.4 Å². The molecule has 4 nitrogen and oxygen atoms in total. The molecule has 0 fully saturated rings. The molecule has 0 atom stereocenters. The Morgan fingerprint density at radius 1 is 1.35 bits per heavy atom. The lowest BCUT2D eigenvalue weighted by atomic mass is 10.1. The summed E-state index contributed by atoms with van der Waals surface area (Å²) in [7, 11) is 0. The number of nitrogens with zero attached hydrogens (tertiary/aromatic N) is 2. The van der Waals surface area contributed by atoms with Gasteiger partial charge in [-0.15, -0.1) is 0 Å². The summed E-state index contributed by atoms with van der Waals surface area (Å²) >= 11 is 0. The molecule has 1 heterocycles. The van der Waals surface area contributed by atoms with E-state index in [1.165, 1.54) is 6.07 Å². The van der Waals surface area contributed by atoms with Crippen LogP contribution < -0.4 is 10.5 Å². The summed E-state index contributed by atoms with van der Waals surface area (Å²) in [5, 5.41) is 4.18. The Balaban J connectivity index is 2.14. The van der Waals surface area contributed by atoms with E-state index in [1.807, 2.05) is 26.1 Å². The van der Waals surface area contributed by atoms with Gasteiger partial charge in [0, 0.05) is 18.3 Å². The van der Waals surface area contributed by atoms with Crippen molar-refractivity contribution in [1.82, 2.24) is 9.78 Å². The molecule has 5 heteroatoms. The smallest absolute Gasteiger partial charge is 0.165 e. The molecule has 20 heavy (non-hydrogen) atoms. The molecular weight excluding hydrogens is 257 g/mol. The fourth-order valence-corrected chi connectivity index (χ4v) is 1.82. The molecule has 0 radical (unpaired) electrons. The lowest BCUT2D eigenvalue weighted by Gasteiger charge is -2.10. The highest BCUT2D eigenvalue weighted by atomic mass is 19.1. The van der Waals surface area contributed by atoms with Crippen LogP contribution >= 0.6 is 0 Å². The van der Waals surface area contributed by atoms with Crippen LogP contribution in [0.25, 0.3) is 11.1 Å². The van der Waals surface area contributed by atoms with E-state index < -0.39 is 0 Å². The fraction of sp³-hybridized carbons (Fsp3) is 0.400. The van der Waals surface area contributed by atoms with Gasteiger partial charge in [-0.25, -0.2) is 4.39 Å². The predicted molar refractivity (Wildman–Crippen MR) is 77.0 cm³/mol. The Morgan fingerprint density at radius 3 is 2.80 bits per heavy atom. The molecule has 2 N–H and O–H groups in total. The fourth-order valence-electron chi connectivity index (χ4n) is 1.82. The molecule has 0 saturated heterocycles. The number of aromatic nitrogens is 2. The molecule has 1 aromatic carbocycles. The van der Waals surface area contributed by atoms with Crippen molar-refractivity contribution in [3.8, 4) is 16.9 Å². The third kappa shape index (κ3) is 3.57. The van der Waals surface area contributed by atoms with Gasteiger partial charge in [-0.2, -0.15) is 5.10 Å². The number of halogens is 1. The Kier molecular flexibility index (Phi) is 4.74. The topological polar surface area (TPSA) is 53.1 Å². The lowest BCUT2D eigenvalue weighted by molar-refractivity contribution is 0.259. The first-order chi connectivity index (χ1) is 9.60. The summed E-state index contributed by atoms with van der Waals surface area (Å²) < 4.78 is 21.1. The molecule has 0 aliphatic heterocycles. The minimum absolute atomic E-state index is 0.289. The van der Waals surface area contributed by atoms with Crippen LogP contribution in [0.2, 0.25) is 0 Å². The van der Waals surface area contributed by atoms with Gasteiger partial charge >= 0.3 is 0 Å². The molecule has 0 spiro atoms.